The third-order valence-corrected chi connectivity index (χ3v) is 3.20. The van der Waals surface area contributed by atoms with Crippen molar-refractivity contribution in [2.75, 3.05) is 6.26 Å². The summed E-state index contributed by atoms with van der Waals surface area (Å²) in [6, 6.07) is 12.2. The van der Waals surface area contributed by atoms with Crippen LogP contribution in [0.5, 0.6) is 0 Å². The van der Waals surface area contributed by atoms with Gasteiger partial charge in [-0.15, -0.1) is 0 Å². The van der Waals surface area contributed by atoms with Crippen molar-refractivity contribution < 1.29 is 4.79 Å². The van der Waals surface area contributed by atoms with Crippen LogP contribution in [0.4, 0.5) is 5.69 Å². The molecule has 0 unspecified atom stereocenters. The number of ketones is 1. The molecule has 0 radical (unpaired) electrons. The summed E-state index contributed by atoms with van der Waals surface area (Å²) in [6.07, 6.45) is 5.19. The van der Waals surface area contributed by atoms with E-state index >= 15 is 0 Å². The third kappa shape index (κ3) is 3.68. The van der Waals surface area contributed by atoms with Crippen molar-refractivity contribution in [1.82, 2.24) is 10.3 Å². The molecule has 0 saturated heterocycles. The number of nitrogens with one attached hydrogen (secondary N) is 1. The summed E-state index contributed by atoms with van der Waals surface area (Å²) in [5.41, 5.74) is 1.31. The van der Waals surface area contributed by atoms with E-state index in [1.807, 2.05) is 6.19 Å². The van der Waals surface area contributed by atoms with Gasteiger partial charge in [-0.25, -0.2) is 4.99 Å². The second-order valence-corrected chi connectivity index (χ2v) is 4.71. The van der Waals surface area contributed by atoms with Crippen LogP contribution in [0.1, 0.15) is 16.1 Å². The van der Waals surface area contributed by atoms with Gasteiger partial charge >= 0.3 is 0 Å². The normalized spacial score (nSPS) is 10.8. The number of nitrogens with zero attached hydrogens (tertiary/aromatic N) is 3. The van der Waals surface area contributed by atoms with Gasteiger partial charge in [0.25, 0.3) is 0 Å². The zero-order valence-electron chi connectivity index (χ0n) is 11.3. The molecule has 21 heavy (non-hydrogen) atoms. The van der Waals surface area contributed by atoms with Crippen molar-refractivity contribution in [2.24, 2.45) is 4.99 Å². The van der Waals surface area contributed by atoms with Crippen molar-refractivity contribution in [2.45, 2.75) is 0 Å². The number of benzene rings is 1. The summed E-state index contributed by atoms with van der Waals surface area (Å²) in [4.78, 5) is 20.8. The van der Waals surface area contributed by atoms with Crippen LogP contribution < -0.4 is 5.32 Å². The highest BCUT2D eigenvalue weighted by atomic mass is 32.2. The van der Waals surface area contributed by atoms with Crippen LogP contribution in [0.15, 0.2) is 53.7 Å². The highest BCUT2D eigenvalue weighted by Gasteiger charge is 2.14. The SMILES string of the molecule is CSC(=Nc1ccccc1C(=O)c1ccccn1)NC#N. The largest absolute Gasteiger partial charge is 0.287 e. The first-order valence-corrected chi connectivity index (χ1v) is 7.31. The van der Waals surface area contributed by atoms with E-state index < -0.39 is 0 Å². The summed E-state index contributed by atoms with van der Waals surface area (Å²) >= 11 is 1.30. The van der Waals surface area contributed by atoms with Crippen molar-refractivity contribution in [1.29, 1.82) is 5.26 Å². The first-order chi connectivity index (χ1) is 10.3. The lowest BCUT2D eigenvalue weighted by Crippen LogP contribution is -2.13. The first-order valence-electron chi connectivity index (χ1n) is 6.09. The maximum atomic E-state index is 12.5. The number of aliphatic imine (C=N–C) groups is 1. The van der Waals surface area contributed by atoms with E-state index in [0.29, 0.717) is 22.1 Å². The van der Waals surface area contributed by atoms with Crippen molar-refractivity contribution in [3.63, 3.8) is 0 Å². The molecule has 0 aliphatic heterocycles. The van der Waals surface area contributed by atoms with Crippen molar-refractivity contribution in [3.05, 3.63) is 59.9 Å². The fourth-order valence-corrected chi connectivity index (χ4v) is 2.02. The minimum absolute atomic E-state index is 0.202. The Morgan fingerprint density at radius 1 is 1.29 bits per heavy atom. The molecule has 0 atom stereocenters. The molecule has 6 heteroatoms. The van der Waals surface area contributed by atoms with E-state index in [1.165, 1.54) is 11.8 Å². The molecule has 104 valence electrons. The Hall–Kier alpha value is -2.65. The van der Waals surface area contributed by atoms with Gasteiger partial charge in [0.1, 0.15) is 5.69 Å². The number of aromatic nitrogens is 1. The van der Waals surface area contributed by atoms with Crippen LogP contribution in [-0.4, -0.2) is 22.2 Å². The van der Waals surface area contributed by atoms with Gasteiger partial charge in [-0.2, -0.15) is 5.26 Å². The average Bonchev–Trinajstić information content (AvgIpc) is 2.55. The summed E-state index contributed by atoms with van der Waals surface area (Å²) in [5, 5.41) is 11.6. The molecule has 0 fully saturated rings. The zero-order chi connectivity index (χ0) is 15.1. The molecule has 2 aromatic rings. The Morgan fingerprint density at radius 2 is 2.05 bits per heavy atom. The van der Waals surface area contributed by atoms with Crippen molar-refractivity contribution >= 4 is 28.4 Å². The number of amidine groups is 1. The van der Waals surface area contributed by atoms with Crippen molar-refractivity contribution in [3.8, 4) is 6.19 Å². The highest BCUT2D eigenvalue weighted by molar-refractivity contribution is 8.13. The summed E-state index contributed by atoms with van der Waals surface area (Å²) in [7, 11) is 0. The van der Waals surface area contributed by atoms with Gasteiger partial charge in [-0.1, -0.05) is 30.0 Å². The molecule has 5 nitrogen and oxygen atoms in total. The number of thioether (sulfide) groups is 1. The smallest absolute Gasteiger partial charge is 0.213 e. The zero-order valence-corrected chi connectivity index (χ0v) is 12.1. The predicted molar refractivity (Wildman–Crippen MR) is 83.5 cm³/mol. The number of nitriles is 1. The van der Waals surface area contributed by atoms with Crippen LogP contribution in [0.3, 0.4) is 0 Å². The number of pyridine rings is 1. The van der Waals surface area contributed by atoms with Gasteiger partial charge in [0.2, 0.25) is 5.78 Å². The van der Waals surface area contributed by atoms with Crippen LogP contribution in [0.25, 0.3) is 0 Å². The van der Waals surface area contributed by atoms with Gasteiger partial charge in [-0.3, -0.25) is 15.1 Å². The minimum Gasteiger partial charge on any atom is -0.287 e. The van der Waals surface area contributed by atoms with E-state index in [-0.39, 0.29) is 5.78 Å². The van der Waals surface area contributed by atoms with E-state index in [4.69, 9.17) is 5.26 Å². The summed E-state index contributed by atoms with van der Waals surface area (Å²) in [6.45, 7) is 0. The number of carbonyl (C=O) groups excluding carboxylic acids is 1. The molecule has 2 rings (SSSR count). The molecule has 0 bridgehead atoms. The monoisotopic (exact) mass is 296 g/mol. The van der Waals surface area contributed by atoms with Crippen LogP contribution in [0, 0.1) is 11.5 Å². The minimum atomic E-state index is -0.202. The van der Waals surface area contributed by atoms with Gasteiger partial charge in [0, 0.05) is 11.8 Å². The Kier molecular flexibility index (Phi) is 5.07. The Bertz CT molecular complexity index is 707. The van der Waals surface area contributed by atoms with Crippen LogP contribution >= 0.6 is 11.8 Å². The fraction of sp³-hybridized carbons (Fsp3) is 0.0667. The predicted octanol–water partition coefficient (Wildman–Crippen LogP) is 2.73. The molecule has 1 N–H and O–H groups in total. The number of rotatable bonds is 3. The molecule has 0 aliphatic carbocycles. The van der Waals surface area contributed by atoms with Crippen LogP contribution in [-0.2, 0) is 0 Å². The number of hydrogen-bond acceptors (Lipinski definition) is 5. The lowest BCUT2D eigenvalue weighted by Gasteiger charge is -2.06. The molecule has 1 heterocycles. The second kappa shape index (κ2) is 7.22. The van der Waals surface area contributed by atoms with Gasteiger partial charge in [-0.05, 0) is 30.5 Å². The quantitative estimate of drug-likeness (QED) is 0.310. The standard InChI is InChI=1S/C15H12N4OS/c1-21-15(18-10-16)19-12-7-3-2-6-11(12)14(20)13-8-4-5-9-17-13/h2-9H,1H3,(H,18,19). The van der Waals surface area contributed by atoms with E-state index in [2.05, 4.69) is 15.3 Å². The average molecular weight is 296 g/mol. The highest BCUT2D eigenvalue weighted by Crippen LogP contribution is 2.22. The number of carbonyl (C=O) groups is 1. The number of para-hydroxylation sites is 1. The Morgan fingerprint density at radius 3 is 2.71 bits per heavy atom. The summed E-state index contributed by atoms with van der Waals surface area (Å²) in [5.74, 6) is -0.202. The molecule has 0 spiro atoms. The van der Waals surface area contributed by atoms with Gasteiger partial charge in [0.05, 0.1) is 5.69 Å². The molecule has 0 saturated carbocycles. The lowest BCUT2D eigenvalue weighted by molar-refractivity contribution is 0.103. The second-order valence-electron chi connectivity index (χ2n) is 3.92. The molecular formula is C15H12N4OS. The Balaban J connectivity index is 2.42. The Labute approximate surface area is 126 Å². The third-order valence-electron chi connectivity index (χ3n) is 2.62. The topological polar surface area (TPSA) is 78.1 Å². The maximum Gasteiger partial charge on any atom is 0.213 e. The van der Waals surface area contributed by atoms with Gasteiger partial charge < -0.3 is 0 Å². The molecule has 1 aromatic heterocycles. The first kappa shape index (κ1) is 14.8. The van der Waals surface area contributed by atoms with E-state index in [9.17, 15) is 4.79 Å². The molecular weight excluding hydrogens is 284 g/mol. The van der Waals surface area contributed by atoms with Crippen LogP contribution in [0.2, 0.25) is 0 Å². The van der Waals surface area contributed by atoms with E-state index in [1.54, 1.807) is 54.9 Å². The maximum absolute atomic E-state index is 12.5. The molecule has 0 amide bonds. The fourth-order valence-electron chi connectivity index (χ4n) is 1.68. The lowest BCUT2D eigenvalue weighted by atomic mass is 10.1. The molecule has 1 aromatic carbocycles. The van der Waals surface area contributed by atoms with Gasteiger partial charge in [0.15, 0.2) is 11.4 Å². The number of hydrogen-bond donors (Lipinski definition) is 1. The van der Waals surface area contributed by atoms with E-state index in [0.717, 1.165) is 0 Å². The molecule has 0 aliphatic rings. The summed E-state index contributed by atoms with van der Waals surface area (Å²) < 4.78 is 0.